The van der Waals surface area contributed by atoms with Gasteiger partial charge in [0.2, 0.25) is 0 Å². The summed E-state index contributed by atoms with van der Waals surface area (Å²) in [5.74, 6) is 5.55. The Morgan fingerprint density at radius 3 is 3.18 bits per heavy atom. The van der Waals surface area contributed by atoms with Crippen molar-refractivity contribution in [1.82, 2.24) is 5.32 Å². The van der Waals surface area contributed by atoms with Crippen molar-refractivity contribution >= 4 is 17.2 Å². The Kier molecular flexibility index (Phi) is 6.33. The van der Waals surface area contributed by atoms with E-state index in [0.717, 1.165) is 12.0 Å². The summed E-state index contributed by atoms with van der Waals surface area (Å²) in [7, 11) is 1.64. The van der Waals surface area contributed by atoms with Crippen LogP contribution in [0.3, 0.4) is 0 Å². The first-order valence-corrected chi connectivity index (χ1v) is 6.21. The first-order chi connectivity index (χ1) is 8.29. The molecule has 0 unspecified atom stereocenters. The molecular formula is C12H16N2O2S. The Morgan fingerprint density at radius 2 is 2.47 bits per heavy atom. The zero-order valence-corrected chi connectivity index (χ0v) is 10.6. The molecule has 1 amide bonds. The van der Waals surface area contributed by atoms with Crippen LogP contribution in [0.25, 0.3) is 0 Å². The van der Waals surface area contributed by atoms with Crippen LogP contribution in [-0.4, -0.2) is 32.7 Å². The van der Waals surface area contributed by atoms with Gasteiger partial charge < -0.3 is 15.8 Å². The quantitative estimate of drug-likeness (QED) is 0.602. The highest BCUT2D eigenvalue weighted by Gasteiger charge is 2.10. The Bertz CT molecular complexity index is 418. The Balaban J connectivity index is 2.54. The average Bonchev–Trinajstić information content (AvgIpc) is 2.80. The number of hydrogen-bond acceptors (Lipinski definition) is 4. The van der Waals surface area contributed by atoms with E-state index in [2.05, 4.69) is 17.2 Å². The van der Waals surface area contributed by atoms with Gasteiger partial charge in [-0.2, -0.15) is 0 Å². The fraction of sp³-hybridized carbons (Fsp3) is 0.417. The first-order valence-electron chi connectivity index (χ1n) is 5.33. The molecule has 1 heterocycles. The predicted octanol–water partition coefficient (Wildman–Crippen LogP) is 0.825. The number of nitrogens with two attached hydrogens (primary N) is 1. The minimum absolute atomic E-state index is 0.0857. The van der Waals surface area contributed by atoms with Crippen LogP contribution in [0.5, 0.6) is 0 Å². The van der Waals surface area contributed by atoms with Gasteiger partial charge in [0.1, 0.15) is 4.88 Å². The lowest BCUT2D eigenvalue weighted by atomic mass is 10.2. The molecule has 0 saturated heterocycles. The van der Waals surface area contributed by atoms with Gasteiger partial charge in [0.25, 0.3) is 5.91 Å². The molecule has 92 valence electrons. The van der Waals surface area contributed by atoms with Crippen LogP contribution < -0.4 is 11.1 Å². The van der Waals surface area contributed by atoms with Gasteiger partial charge in [-0.05, 0) is 17.9 Å². The summed E-state index contributed by atoms with van der Waals surface area (Å²) in [6.45, 7) is 1.55. The van der Waals surface area contributed by atoms with Gasteiger partial charge in [-0.3, -0.25) is 4.79 Å². The standard InChI is InChI=1S/C12H16N2O2S/c1-16-8-3-7-14-12(15)11-10(4-2-6-13)5-9-17-11/h5,9H,3,6-8,13H2,1H3,(H,14,15). The van der Waals surface area contributed by atoms with Crippen LogP contribution in [0.1, 0.15) is 21.7 Å². The molecule has 0 fully saturated rings. The predicted molar refractivity (Wildman–Crippen MR) is 69.1 cm³/mol. The molecule has 5 heteroatoms. The molecular weight excluding hydrogens is 236 g/mol. The fourth-order valence-electron chi connectivity index (χ4n) is 1.23. The third-order valence-electron chi connectivity index (χ3n) is 2.01. The lowest BCUT2D eigenvalue weighted by Gasteiger charge is -2.03. The summed E-state index contributed by atoms with van der Waals surface area (Å²) in [6.07, 6.45) is 0.803. The van der Waals surface area contributed by atoms with E-state index in [1.165, 1.54) is 11.3 Å². The van der Waals surface area contributed by atoms with Crippen molar-refractivity contribution in [3.05, 3.63) is 21.9 Å². The average molecular weight is 252 g/mol. The highest BCUT2D eigenvalue weighted by molar-refractivity contribution is 7.12. The number of thiophene rings is 1. The number of carbonyl (C=O) groups is 1. The molecule has 0 bridgehead atoms. The van der Waals surface area contributed by atoms with Crippen LogP contribution in [0.2, 0.25) is 0 Å². The van der Waals surface area contributed by atoms with Gasteiger partial charge in [-0.1, -0.05) is 11.8 Å². The topological polar surface area (TPSA) is 64.3 Å². The minimum atomic E-state index is -0.0857. The van der Waals surface area contributed by atoms with Crippen LogP contribution in [-0.2, 0) is 4.74 Å². The summed E-state index contributed by atoms with van der Waals surface area (Å²) < 4.78 is 4.91. The van der Waals surface area contributed by atoms with Gasteiger partial charge in [0, 0.05) is 25.8 Å². The lowest BCUT2D eigenvalue weighted by molar-refractivity contribution is 0.0952. The second-order valence-electron chi connectivity index (χ2n) is 3.27. The maximum atomic E-state index is 11.8. The zero-order chi connectivity index (χ0) is 12.5. The first kappa shape index (κ1) is 13.7. The highest BCUT2D eigenvalue weighted by Crippen LogP contribution is 2.15. The number of ether oxygens (including phenoxy) is 1. The highest BCUT2D eigenvalue weighted by atomic mass is 32.1. The summed E-state index contributed by atoms with van der Waals surface area (Å²) in [6, 6.07) is 1.83. The Morgan fingerprint density at radius 1 is 1.65 bits per heavy atom. The molecule has 1 aromatic heterocycles. The number of rotatable bonds is 5. The third kappa shape index (κ3) is 4.57. The maximum absolute atomic E-state index is 11.8. The summed E-state index contributed by atoms with van der Waals surface area (Å²) in [5.41, 5.74) is 6.04. The second-order valence-corrected chi connectivity index (χ2v) is 4.19. The van der Waals surface area contributed by atoms with Crippen molar-refractivity contribution in [2.24, 2.45) is 5.73 Å². The van der Waals surface area contributed by atoms with Crippen molar-refractivity contribution < 1.29 is 9.53 Å². The molecule has 3 N–H and O–H groups in total. The maximum Gasteiger partial charge on any atom is 0.262 e. The van der Waals surface area contributed by atoms with E-state index in [0.29, 0.717) is 24.6 Å². The van der Waals surface area contributed by atoms with E-state index in [1.807, 2.05) is 11.4 Å². The van der Waals surface area contributed by atoms with Gasteiger partial charge in [-0.25, -0.2) is 0 Å². The number of methoxy groups -OCH3 is 1. The number of carbonyl (C=O) groups excluding carboxylic acids is 1. The minimum Gasteiger partial charge on any atom is -0.385 e. The zero-order valence-electron chi connectivity index (χ0n) is 9.79. The van der Waals surface area contributed by atoms with Gasteiger partial charge >= 0.3 is 0 Å². The molecule has 0 aliphatic carbocycles. The Hall–Kier alpha value is -1.35. The van der Waals surface area contributed by atoms with E-state index < -0.39 is 0 Å². The van der Waals surface area contributed by atoms with E-state index in [4.69, 9.17) is 10.5 Å². The summed E-state index contributed by atoms with van der Waals surface area (Å²) in [4.78, 5) is 12.5. The molecule has 0 aliphatic rings. The van der Waals surface area contributed by atoms with Crippen molar-refractivity contribution in [3.8, 4) is 11.8 Å². The number of amides is 1. The molecule has 0 atom stereocenters. The molecule has 1 aromatic rings. The van der Waals surface area contributed by atoms with E-state index in [-0.39, 0.29) is 5.91 Å². The van der Waals surface area contributed by atoms with Crippen molar-refractivity contribution in [3.63, 3.8) is 0 Å². The number of nitrogens with one attached hydrogen (secondary N) is 1. The molecule has 0 aliphatic heterocycles. The molecule has 0 saturated carbocycles. The van der Waals surface area contributed by atoms with Gasteiger partial charge in [-0.15, -0.1) is 11.3 Å². The van der Waals surface area contributed by atoms with Crippen molar-refractivity contribution in [2.45, 2.75) is 6.42 Å². The molecule has 0 radical (unpaired) electrons. The largest absolute Gasteiger partial charge is 0.385 e. The molecule has 4 nitrogen and oxygen atoms in total. The smallest absolute Gasteiger partial charge is 0.262 e. The van der Waals surface area contributed by atoms with Crippen molar-refractivity contribution in [1.29, 1.82) is 0 Å². The van der Waals surface area contributed by atoms with Crippen LogP contribution in [0.4, 0.5) is 0 Å². The molecule has 0 spiro atoms. The Labute approximate surface area is 105 Å². The molecule has 17 heavy (non-hydrogen) atoms. The second kappa shape index (κ2) is 7.85. The van der Waals surface area contributed by atoms with E-state index in [9.17, 15) is 4.79 Å². The van der Waals surface area contributed by atoms with Gasteiger partial charge in [0.15, 0.2) is 0 Å². The van der Waals surface area contributed by atoms with Crippen LogP contribution in [0.15, 0.2) is 11.4 Å². The van der Waals surface area contributed by atoms with E-state index in [1.54, 1.807) is 7.11 Å². The van der Waals surface area contributed by atoms with E-state index >= 15 is 0 Å². The summed E-state index contributed by atoms with van der Waals surface area (Å²) >= 11 is 1.39. The monoisotopic (exact) mass is 252 g/mol. The molecule has 0 aromatic carbocycles. The summed E-state index contributed by atoms with van der Waals surface area (Å²) in [5, 5.41) is 4.68. The lowest BCUT2D eigenvalue weighted by Crippen LogP contribution is -2.25. The van der Waals surface area contributed by atoms with Crippen LogP contribution >= 0.6 is 11.3 Å². The van der Waals surface area contributed by atoms with Crippen molar-refractivity contribution in [2.75, 3.05) is 26.8 Å². The normalized spacial score (nSPS) is 9.53. The van der Waals surface area contributed by atoms with Crippen LogP contribution in [0, 0.1) is 11.8 Å². The third-order valence-corrected chi connectivity index (χ3v) is 2.92. The number of hydrogen-bond donors (Lipinski definition) is 2. The fourth-order valence-corrected chi connectivity index (χ4v) is 1.99. The SMILES string of the molecule is COCCCNC(=O)c1sccc1C#CCN. The van der Waals surface area contributed by atoms with Gasteiger partial charge in [0.05, 0.1) is 6.54 Å². The molecule has 1 rings (SSSR count).